The van der Waals surface area contributed by atoms with Gasteiger partial charge in [-0.25, -0.2) is 8.78 Å². The van der Waals surface area contributed by atoms with Gasteiger partial charge < -0.3 is 25.0 Å². The van der Waals surface area contributed by atoms with Crippen molar-refractivity contribution in [1.82, 2.24) is 9.47 Å². The fourth-order valence-corrected chi connectivity index (χ4v) is 4.20. The van der Waals surface area contributed by atoms with Crippen LogP contribution in [0.4, 0.5) is 8.78 Å². The van der Waals surface area contributed by atoms with Crippen molar-refractivity contribution < 1.29 is 28.2 Å². The van der Waals surface area contributed by atoms with Crippen LogP contribution in [0.5, 0.6) is 5.75 Å². The molecule has 10 heteroatoms. The molecule has 3 N–H and O–H groups in total. The van der Waals surface area contributed by atoms with E-state index in [1.165, 1.54) is 15.5 Å². The number of hydrogen-bond acceptors (Lipinski definition) is 5. The van der Waals surface area contributed by atoms with Gasteiger partial charge in [-0.2, -0.15) is 0 Å². The summed E-state index contributed by atoms with van der Waals surface area (Å²) >= 11 is 0. The average molecular weight is 419 g/mol. The minimum atomic E-state index is -1.02. The Balaban J connectivity index is 1.70. The largest absolute Gasteiger partial charge is 0.503 e. The minimum Gasteiger partial charge on any atom is -0.503 e. The molecule has 8 nitrogen and oxygen atoms in total. The molecule has 2 aliphatic rings. The zero-order valence-electron chi connectivity index (χ0n) is 16.0. The first-order valence-electron chi connectivity index (χ1n) is 9.41. The Morgan fingerprint density at radius 3 is 2.70 bits per heavy atom. The highest BCUT2D eigenvalue weighted by molar-refractivity contribution is 5.99. The van der Waals surface area contributed by atoms with Crippen molar-refractivity contribution in [2.24, 2.45) is 5.73 Å². The minimum absolute atomic E-state index is 0.0497. The molecule has 1 aromatic heterocycles. The summed E-state index contributed by atoms with van der Waals surface area (Å²) in [6.45, 7) is 1.88. The monoisotopic (exact) mass is 419 g/mol. The number of hydrogen-bond donors (Lipinski definition) is 2. The van der Waals surface area contributed by atoms with Gasteiger partial charge in [0.05, 0.1) is 18.7 Å². The number of primary amides is 1. The van der Waals surface area contributed by atoms with E-state index in [4.69, 9.17) is 10.5 Å². The molecule has 0 radical (unpaired) electrons. The highest BCUT2D eigenvalue weighted by Gasteiger charge is 2.48. The Bertz CT molecular complexity index is 1120. The highest BCUT2D eigenvalue weighted by atomic mass is 19.1. The average Bonchev–Trinajstić information content (AvgIpc) is 3.03. The van der Waals surface area contributed by atoms with Crippen LogP contribution in [0.15, 0.2) is 29.2 Å². The van der Waals surface area contributed by atoms with E-state index >= 15 is 0 Å². The van der Waals surface area contributed by atoms with Gasteiger partial charge in [0.2, 0.25) is 5.43 Å². The lowest BCUT2D eigenvalue weighted by atomic mass is 9.98. The van der Waals surface area contributed by atoms with Gasteiger partial charge in [-0.1, -0.05) is 13.0 Å². The summed E-state index contributed by atoms with van der Waals surface area (Å²) in [5.41, 5.74) is 3.72. The van der Waals surface area contributed by atoms with E-state index in [2.05, 4.69) is 0 Å². The van der Waals surface area contributed by atoms with Crippen LogP contribution in [-0.4, -0.2) is 44.8 Å². The van der Waals surface area contributed by atoms with Crippen molar-refractivity contribution in [3.63, 3.8) is 0 Å². The first kappa shape index (κ1) is 20.0. The zero-order chi connectivity index (χ0) is 21.7. The van der Waals surface area contributed by atoms with E-state index in [-0.39, 0.29) is 24.2 Å². The van der Waals surface area contributed by atoms with Gasteiger partial charge in [-0.3, -0.25) is 14.4 Å². The number of nitrogens with zero attached hydrogens (tertiary/aromatic N) is 2. The molecule has 3 atom stereocenters. The lowest BCUT2D eigenvalue weighted by Crippen LogP contribution is -2.50. The van der Waals surface area contributed by atoms with Crippen LogP contribution >= 0.6 is 0 Å². The molecule has 3 heterocycles. The Morgan fingerprint density at radius 1 is 1.33 bits per heavy atom. The quantitative estimate of drug-likeness (QED) is 0.771. The summed E-state index contributed by atoms with van der Waals surface area (Å²) in [5, 5.41) is 10.3. The van der Waals surface area contributed by atoms with Gasteiger partial charge in [0.25, 0.3) is 11.8 Å². The first-order chi connectivity index (χ1) is 14.2. The van der Waals surface area contributed by atoms with Crippen molar-refractivity contribution >= 4 is 11.8 Å². The van der Waals surface area contributed by atoms with Gasteiger partial charge in [0, 0.05) is 18.7 Å². The van der Waals surface area contributed by atoms with Crippen LogP contribution < -0.4 is 11.2 Å². The maximum absolute atomic E-state index is 14.1. The molecule has 2 amide bonds. The van der Waals surface area contributed by atoms with Crippen molar-refractivity contribution in [3.05, 3.63) is 63.1 Å². The van der Waals surface area contributed by atoms with E-state index in [1.807, 2.05) is 6.92 Å². The number of amides is 2. The van der Waals surface area contributed by atoms with Gasteiger partial charge in [0.1, 0.15) is 17.2 Å². The fraction of sp³-hybridized carbons (Fsp3) is 0.350. The van der Waals surface area contributed by atoms with Gasteiger partial charge >= 0.3 is 0 Å². The van der Waals surface area contributed by atoms with Crippen LogP contribution in [0.25, 0.3) is 0 Å². The fourth-order valence-electron chi connectivity index (χ4n) is 4.20. The molecule has 0 bridgehead atoms. The number of aromatic hydroxyl groups is 1. The number of halogens is 2. The number of nitrogens with two attached hydrogens (primary N) is 1. The van der Waals surface area contributed by atoms with E-state index < -0.39 is 58.6 Å². The van der Waals surface area contributed by atoms with Crippen molar-refractivity contribution in [2.75, 3.05) is 0 Å². The van der Waals surface area contributed by atoms with E-state index in [0.29, 0.717) is 6.42 Å². The van der Waals surface area contributed by atoms with Crippen molar-refractivity contribution in [2.45, 2.75) is 44.7 Å². The standard InChI is InChI=1S/C20H19F2N3O5/c1-2-13-14(5-9-3-4-10(21)6-12(9)22)30-15-8-24-7-11(19(23)28)17(26)18(27)16(24)20(29)25(13)15/h3-4,6-7,13-15,27H,2,5,8H2,1H3,(H2,23,28). The third kappa shape index (κ3) is 3.04. The van der Waals surface area contributed by atoms with Crippen molar-refractivity contribution in [1.29, 1.82) is 0 Å². The topological polar surface area (TPSA) is 115 Å². The van der Waals surface area contributed by atoms with Gasteiger partial charge in [-0.05, 0) is 18.1 Å². The highest BCUT2D eigenvalue weighted by Crippen LogP contribution is 2.35. The predicted octanol–water partition coefficient (Wildman–Crippen LogP) is 1.13. The van der Waals surface area contributed by atoms with Crippen LogP contribution in [0.2, 0.25) is 0 Å². The lowest BCUT2D eigenvalue weighted by molar-refractivity contribution is -0.0146. The molecule has 0 spiro atoms. The number of ether oxygens (including phenoxy) is 1. The Morgan fingerprint density at radius 2 is 2.07 bits per heavy atom. The second-order valence-electron chi connectivity index (χ2n) is 7.34. The number of pyridine rings is 1. The number of carbonyl (C=O) groups is 2. The number of benzene rings is 1. The molecular weight excluding hydrogens is 400 g/mol. The van der Waals surface area contributed by atoms with Crippen LogP contribution in [0, 0.1) is 11.6 Å². The number of fused-ring (bicyclic) bond motifs is 2. The van der Waals surface area contributed by atoms with Crippen LogP contribution in [0.3, 0.4) is 0 Å². The molecule has 2 aliphatic heterocycles. The van der Waals surface area contributed by atoms with Crippen molar-refractivity contribution in [3.8, 4) is 5.75 Å². The summed E-state index contributed by atoms with van der Waals surface area (Å²) in [7, 11) is 0. The van der Waals surface area contributed by atoms with Crippen LogP contribution in [-0.2, 0) is 17.7 Å². The molecule has 0 saturated carbocycles. The molecule has 158 valence electrons. The molecule has 1 aromatic carbocycles. The zero-order valence-corrected chi connectivity index (χ0v) is 16.0. The Hall–Kier alpha value is -3.27. The summed E-state index contributed by atoms with van der Waals surface area (Å²) < 4.78 is 34.6. The smallest absolute Gasteiger partial charge is 0.276 e. The third-order valence-corrected chi connectivity index (χ3v) is 5.59. The summed E-state index contributed by atoms with van der Waals surface area (Å²) in [6, 6.07) is 2.82. The molecule has 4 rings (SSSR count). The molecule has 0 aliphatic carbocycles. The molecule has 30 heavy (non-hydrogen) atoms. The van der Waals surface area contributed by atoms with Crippen LogP contribution in [0.1, 0.15) is 39.8 Å². The Labute approximate surface area is 169 Å². The lowest BCUT2D eigenvalue weighted by Gasteiger charge is -2.34. The Kier molecular flexibility index (Phi) is 4.81. The molecule has 1 saturated heterocycles. The predicted molar refractivity (Wildman–Crippen MR) is 99.9 cm³/mol. The van der Waals surface area contributed by atoms with E-state index in [9.17, 15) is 28.3 Å². The molecule has 2 aromatic rings. The molecule has 1 fully saturated rings. The van der Waals surface area contributed by atoms with E-state index in [0.717, 1.165) is 18.3 Å². The second-order valence-corrected chi connectivity index (χ2v) is 7.34. The number of rotatable bonds is 4. The third-order valence-electron chi connectivity index (χ3n) is 5.59. The normalized spacial score (nSPS) is 22.7. The second kappa shape index (κ2) is 7.21. The van der Waals surface area contributed by atoms with Gasteiger partial charge in [-0.15, -0.1) is 0 Å². The molecular formula is C20H19F2N3O5. The summed E-state index contributed by atoms with van der Waals surface area (Å²) in [6.07, 6.45) is 0.387. The van der Waals surface area contributed by atoms with E-state index in [1.54, 1.807) is 0 Å². The first-order valence-corrected chi connectivity index (χ1v) is 9.41. The maximum atomic E-state index is 14.1. The summed E-state index contributed by atoms with van der Waals surface area (Å²) in [5.74, 6) is -3.90. The number of carbonyl (C=O) groups excluding carboxylic acids is 2. The van der Waals surface area contributed by atoms with Gasteiger partial charge in [0.15, 0.2) is 17.7 Å². The summed E-state index contributed by atoms with van der Waals surface area (Å²) in [4.78, 5) is 38.2. The molecule has 3 unspecified atom stereocenters. The SMILES string of the molecule is CCC1C(Cc2ccc(F)cc2F)OC2Cn3cc(C(N)=O)c(=O)c(O)c3C(=O)N21. The maximum Gasteiger partial charge on any atom is 0.276 e. The number of aromatic nitrogens is 1.